The number of amides is 2. The van der Waals surface area contributed by atoms with Crippen LogP contribution in [0.5, 0.6) is 0 Å². The molecule has 0 radical (unpaired) electrons. The van der Waals surface area contributed by atoms with Crippen LogP contribution in [-0.4, -0.2) is 70.0 Å². The van der Waals surface area contributed by atoms with Gasteiger partial charge < -0.3 is 14.8 Å². The van der Waals surface area contributed by atoms with Gasteiger partial charge >= 0.3 is 5.97 Å². The van der Waals surface area contributed by atoms with Gasteiger partial charge in [-0.1, -0.05) is 37.3 Å². The maximum atomic E-state index is 13.3. The van der Waals surface area contributed by atoms with Crippen LogP contribution in [0, 0.1) is 0 Å². The third-order valence-corrected chi connectivity index (χ3v) is 7.20. The summed E-state index contributed by atoms with van der Waals surface area (Å²) in [6.07, 6.45) is 3.55. The highest BCUT2D eigenvalue weighted by Gasteiger charge is 2.35. The zero-order chi connectivity index (χ0) is 31.9. The number of hydrogen-bond donors (Lipinski definition) is 2. The quantitative estimate of drug-likeness (QED) is 0.365. The van der Waals surface area contributed by atoms with Crippen LogP contribution in [0.2, 0.25) is 0 Å². The van der Waals surface area contributed by atoms with Gasteiger partial charge in [-0.05, 0) is 72.1 Å². The van der Waals surface area contributed by atoms with Gasteiger partial charge in [0, 0.05) is 36.9 Å². The summed E-state index contributed by atoms with van der Waals surface area (Å²) in [5.41, 5.74) is 5.29. The SMILES string of the molecule is C/C=C/c1ccc2ccc([C@@H](C)CC(=O)[C@@H]3CCCN(C(=O)[C@H](C)NC(=O)C(OC(C)=O)[C@@H](C)OC(C)(C)C)N3)nc2c1. The van der Waals surface area contributed by atoms with Crippen molar-refractivity contribution in [1.29, 1.82) is 0 Å². The third kappa shape index (κ3) is 9.69. The van der Waals surface area contributed by atoms with Crippen molar-refractivity contribution in [3.63, 3.8) is 0 Å². The van der Waals surface area contributed by atoms with Crippen LogP contribution in [0.15, 0.2) is 36.4 Å². The second-order valence-electron chi connectivity index (χ2n) is 12.3. The Hall–Kier alpha value is -3.63. The molecule has 0 saturated carbocycles. The van der Waals surface area contributed by atoms with E-state index >= 15 is 0 Å². The van der Waals surface area contributed by atoms with Crippen molar-refractivity contribution in [2.75, 3.05) is 6.54 Å². The Labute approximate surface area is 254 Å². The molecule has 2 heterocycles. The summed E-state index contributed by atoms with van der Waals surface area (Å²) >= 11 is 0. The number of aromatic nitrogens is 1. The zero-order valence-corrected chi connectivity index (χ0v) is 26.6. The number of nitrogens with one attached hydrogen (secondary N) is 2. The molecule has 0 aliphatic carbocycles. The molecule has 1 unspecified atom stereocenters. The molecule has 2 amide bonds. The van der Waals surface area contributed by atoms with Crippen LogP contribution in [0.1, 0.15) is 91.8 Å². The molecule has 2 N–H and O–H groups in total. The molecule has 10 heteroatoms. The van der Waals surface area contributed by atoms with Crippen molar-refractivity contribution in [2.45, 2.75) is 110 Å². The fourth-order valence-electron chi connectivity index (χ4n) is 5.20. The molecule has 3 rings (SSSR count). The summed E-state index contributed by atoms with van der Waals surface area (Å²) in [4.78, 5) is 56.1. The van der Waals surface area contributed by atoms with E-state index in [9.17, 15) is 19.2 Å². The summed E-state index contributed by atoms with van der Waals surface area (Å²) in [7, 11) is 0. The second-order valence-corrected chi connectivity index (χ2v) is 12.3. The molecule has 5 atom stereocenters. The fourth-order valence-corrected chi connectivity index (χ4v) is 5.20. The molecular weight excluding hydrogens is 548 g/mol. The molecule has 0 spiro atoms. The highest BCUT2D eigenvalue weighted by Crippen LogP contribution is 2.24. The lowest BCUT2D eigenvalue weighted by Crippen LogP contribution is -2.60. The van der Waals surface area contributed by atoms with Crippen molar-refractivity contribution in [3.05, 3.63) is 47.7 Å². The molecule has 1 saturated heterocycles. The smallest absolute Gasteiger partial charge is 0.303 e. The third-order valence-electron chi connectivity index (χ3n) is 7.20. The molecule has 43 heavy (non-hydrogen) atoms. The Morgan fingerprint density at radius 1 is 1.14 bits per heavy atom. The number of rotatable bonds is 11. The molecule has 1 fully saturated rings. The van der Waals surface area contributed by atoms with Gasteiger partial charge in [0.25, 0.3) is 11.8 Å². The number of nitrogens with zero attached hydrogens (tertiary/aromatic N) is 2. The Morgan fingerprint density at radius 3 is 2.49 bits per heavy atom. The van der Waals surface area contributed by atoms with Gasteiger partial charge in [-0.3, -0.25) is 29.2 Å². The lowest BCUT2D eigenvalue weighted by molar-refractivity contribution is -0.171. The number of esters is 1. The van der Waals surface area contributed by atoms with E-state index in [1.165, 1.54) is 11.9 Å². The number of Topliss-reactive ketones (excluding diaryl/α,β-unsaturated/α-hetero) is 1. The predicted molar refractivity (Wildman–Crippen MR) is 166 cm³/mol. The van der Waals surface area contributed by atoms with Crippen LogP contribution in [0.4, 0.5) is 0 Å². The molecule has 0 bridgehead atoms. The molecule has 10 nitrogen and oxygen atoms in total. The monoisotopic (exact) mass is 594 g/mol. The van der Waals surface area contributed by atoms with Gasteiger partial charge in [0.05, 0.1) is 17.2 Å². The van der Waals surface area contributed by atoms with Crippen LogP contribution >= 0.6 is 0 Å². The van der Waals surface area contributed by atoms with Crippen molar-refractivity contribution < 1.29 is 28.7 Å². The van der Waals surface area contributed by atoms with Crippen molar-refractivity contribution >= 4 is 40.5 Å². The topological polar surface area (TPSA) is 127 Å². The molecule has 234 valence electrons. The Kier molecular flexibility index (Phi) is 11.6. The van der Waals surface area contributed by atoms with Gasteiger partial charge in [-0.15, -0.1) is 0 Å². The van der Waals surface area contributed by atoms with E-state index in [0.717, 1.165) is 22.2 Å². The summed E-state index contributed by atoms with van der Waals surface area (Å²) in [6, 6.07) is 8.64. The molecule has 1 aromatic heterocycles. The van der Waals surface area contributed by atoms with E-state index < -0.39 is 47.7 Å². The molecule has 1 aliphatic heterocycles. The number of carbonyl (C=O) groups excluding carboxylic acids is 4. The number of ketones is 1. The number of benzene rings is 1. The summed E-state index contributed by atoms with van der Waals surface area (Å²) < 4.78 is 11.1. The Bertz CT molecular complexity index is 1350. The lowest BCUT2D eigenvalue weighted by Gasteiger charge is -2.35. The number of hydrogen-bond acceptors (Lipinski definition) is 8. The van der Waals surface area contributed by atoms with E-state index in [0.29, 0.717) is 19.4 Å². The predicted octanol–water partition coefficient (Wildman–Crippen LogP) is 4.47. The largest absolute Gasteiger partial charge is 0.450 e. The van der Waals surface area contributed by atoms with Crippen molar-refractivity contribution in [2.24, 2.45) is 0 Å². The number of pyridine rings is 1. The van der Waals surface area contributed by atoms with Crippen LogP contribution in [-0.2, 0) is 28.7 Å². The first kappa shape index (κ1) is 33.9. The number of fused-ring (bicyclic) bond motifs is 1. The van der Waals surface area contributed by atoms with E-state index in [1.807, 2.05) is 77.1 Å². The average Bonchev–Trinajstić information content (AvgIpc) is 2.94. The first-order valence-electron chi connectivity index (χ1n) is 15.0. The Balaban J connectivity index is 1.61. The maximum absolute atomic E-state index is 13.3. The highest BCUT2D eigenvalue weighted by molar-refractivity contribution is 5.91. The van der Waals surface area contributed by atoms with Gasteiger partial charge in [0.1, 0.15) is 12.1 Å². The van der Waals surface area contributed by atoms with Gasteiger partial charge in [0.15, 0.2) is 5.78 Å². The zero-order valence-electron chi connectivity index (χ0n) is 26.6. The van der Waals surface area contributed by atoms with E-state index in [2.05, 4.69) is 10.7 Å². The van der Waals surface area contributed by atoms with Gasteiger partial charge in [-0.2, -0.15) is 0 Å². The van der Waals surface area contributed by atoms with Gasteiger partial charge in [-0.25, -0.2) is 5.43 Å². The number of carbonyl (C=O) groups is 4. The molecule has 2 aromatic rings. The van der Waals surface area contributed by atoms with Crippen molar-refractivity contribution in [3.8, 4) is 0 Å². The normalized spacial score (nSPS) is 18.6. The molecule has 1 aromatic carbocycles. The first-order valence-corrected chi connectivity index (χ1v) is 15.0. The minimum atomic E-state index is -1.23. The summed E-state index contributed by atoms with van der Waals surface area (Å²) in [5.74, 6) is -1.77. The minimum Gasteiger partial charge on any atom is -0.450 e. The lowest BCUT2D eigenvalue weighted by atomic mass is 9.94. The Morgan fingerprint density at radius 2 is 1.84 bits per heavy atom. The number of hydrazine groups is 1. The van der Waals surface area contributed by atoms with Crippen LogP contribution in [0.25, 0.3) is 17.0 Å². The van der Waals surface area contributed by atoms with E-state index in [4.69, 9.17) is 14.5 Å². The standard InChI is InChI=1S/C33H46N4O6/c1-9-11-24-13-14-25-15-16-26(35-28(25)19-24)20(2)18-29(39)27-12-10-17-37(36-27)32(41)21(3)34-31(40)30(42-23(5)38)22(4)43-33(6,7)8/h9,11,13-16,19-22,27,30,36H,10,12,17-18H2,1-8H3,(H,34,40)/b11-9+/t20-,21-,22+,27-,30?/m0/s1. The van der Waals surface area contributed by atoms with Crippen molar-refractivity contribution in [1.82, 2.24) is 20.7 Å². The van der Waals surface area contributed by atoms with E-state index in [1.54, 1.807) is 13.8 Å². The maximum Gasteiger partial charge on any atom is 0.303 e. The molecule has 1 aliphatic rings. The number of allylic oxidation sites excluding steroid dienone is 1. The van der Waals surface area contributed by atoms with Crippen LogP contribution < -0.4 is 10.7 Å². The summed E-state index contributed by atoms with van der Waals surface area (Å²) in [5, 5.41) is 5.08. The van der Waals surface area contributed by atoms with Gasteiger partial charge in [0.2, 0.25) is 6.10 Å². The molecular formula is C33H46N4O6. The fraction of sp³-hybridized carbons (Fsp3) is 0.545. The van der Waals surface area contributed by atoms with Crippen LogP contribution in [0.3, 0.4) is 0 Å². The highest BCUT2D eigenvalue weighted by atomic mass is 16.6. The first-order chi connectivity index (χ1) is 20.2. The minimum absolute atomic E-state index is 0.00525. The number of ether oxygens (including phenoxy) is 2. The summed E-state index contributed by atoms with van der Waals surface area (Å²) in [6.45, 7) is 14.3. The second kappa shape index (κ2) is 14.7. The average molecular weight is 595 g/mol. The van der Waals surface area contributed by atoms with E-state index in [-0.39, 0.29) is 18.1 Å².